The smallest absolute Gasteiger partial charge is 0.257 e. The van der Waals surface area contributed by atoms with Gasteiger partial charge < -0.3 is 14.1 Å². The zero-order valence-corrected chi connectivity index (χ0v) is 16.7. The van der Waals surface area contributed by atoms with E-state index >= 15 is 0 Å². The van der Waals surface area contributed by atoms with Crippen molar-refractivity contribution >= 4 is 5.91 Å². The normalized spacial score (nSPS) is 24.6. The topological polar surface area (TPSA) is 71.7 Å². The van der Waals surface area contributed by atoms with Crippen molar-refractivity contribution in [2.24, 2.45) is 0 Å². The first-order valence-corrected chi connectivity index (χ1v) is 10.2. The molecule has 2 saturated heterocycles. The maximum absolute atomic E-state index is 13.8. The van der Waals surface area contributed by atoms with Crippen LogP contribution in [0.25, 0.3) is 0 Å². The summed E-state index contributed by atoms with van der Waals surface area (Å²) >= 11 is 0. The van der Waals surface area contributed by atoms with Crippen LogP contribution in [0, 0.1) is 0 Å². The number of amides is 1. The van der Waals surface area contributed by atoms with Crippen LogP contribution in [0.3, 0.4) is 0 Å². The molecular formula is C23H24N4O3. The third kappa shape index (κ3) is 3.51. The van der Waals surface area contributed by atoms with Crippen molar-refractivity contribution < 1.29 is 13.9 Å². The Hall–Kier alpha value is -3.03. The van der Waals surface area contributed by atoms with Crippen LogP contribution >= 0.6 is 0 Å². The highest BCUT2D eigenvalue weighted by Gasteiger charge is 2.57. The van der Waals surface area contributed by atoms with E-state index in [1.165, 1.54) is 0 Å². The summed E-state index contributed by atoms with van der Waals surface area (Å²) in [6, 6.07) is 11.7. The Balaban J connectivity index is 1.45. The molecular weight excluding hydrogens is 380 g/mol. The Morgan fingerprint density at radius 3 is 2.67 bits per heavy atom. The SMILES string of the molecule is O=C1N(Cc2cccnc2)CCO[C@]12CN(Cc1ccco1)C[C@H]2c1cccnc1. The van der Waals surface area contributed by atoms with Crippen molar-refractivity contribution in [2.45, 2.75) is 24.6 Å². The largest absolute Gasteiger partial charge is 0.468 e. The van der Waals surface area contributed by atoms with Gasteiger partial charge in [0.25, 0.3) is 5.91 Å². The minimum absolute atomic E-state index is 0.0356. The van der Waals surface area contributed by atoms with E-state index in [0.29, 0.717) is 39.3 Å². The lowest BCUT2D eigenvalue weighted by Gasteiger charge is -2.42. The number of pyridine rings is 2. The number of carbonyl (C=O) groups is 1. The molecule has 0 radical (unpaired) electrons. The lowest BCUT2D eigenvalue weighted by molar-refractivity contribution is -0.173. The summed E-state index contributed by atoms with van der Waals surface area (Å²) in [5.41, 5.74) is 1.12. The van der Waals surface area contributed by atoms with E-state index in [-0.39, 0.29) is 11.8 Å². The quantitative estimate of drug-likeness (QED) is 0.651. The maximum Gasteiger partial charge on any atom is 0.257 e. The molecule has 1 amide bonds. The molecule has 3 aromatic rings. The van der Waals surface area contributed by atoms with E-state index in [1.807, 2.05) is 53.7 Å². The summed E-state index contributed by atoms with van der Waals surface area (Å²) in [5.74, 6) is 0.825. The molecule has 2 fully saturated rings. The molecule has 3 aromatic heterocycles. The van der Waals surface area contributed by atoms with E-state index in [9.17, 15) is 4.79 Å². The van der Waals surface area contributed by atoms with Crippen LogP contribution in [0.2, 0.25) is 0 Å². The van der Waals surface area contributed by atoms with E-state index in [2.05, 4.69) is 14.9 Å². The zero-order chi connectivity index (χ0) is 20.4. The third-order valence-corrected chi connectivity index (χ3v) is 5.97. The number of hydrogen-bond donors (Lipinski definition) is 0. The van der Waals surface area contributed by atoms with Gasteiger partial charge in [0.15, 0.2) is 5.60 Å². The van der Waals surface area contributed by atoms with Gasteiger partial charge in [-0.05, 0) is 35.4 Å². The second-order valence-corrected chi connectivity index (χ2v) is 7.91. The summed E-state index contributed by atoms with van der Waals surface area (Å²) in [6.45, 7) is 3.50. The standard InChI is InChI=1S/C23H24N4O3/c28-22-23(30-11-9-27(22)14-18-4-1-7-24-12-18)17-26(15-20-6-3-10-29-20)16-21(23)19-5-2-8-25-13-19/h1-8,10,12-13,21H,9,11,14-17H2/t21-,23-/m0/s1. The number of ether oxygens (including phenoxy) is 1. The van der Waals surface area contributed by atoms with Gasteiger partial charge in [0.1, 0.15) is 5.76 Å². The summed E-state index contributed by atoms with van der Waals surface area (Å²) in [7, 11) is 0. The van der Waals surface area contributed by atoms with Crippen molar-refractivity contribution in [3.63, 3.8) is 0 Å². The Morgan fingerprint density at radius 1 is 1.07 bits per heavy atom. The van der Waals surface area contributed by atoms with Crippen LogP contribution in [0.15, 0.2) is 71.9 Å². The van der Waals surface area contributed by atoms with Crippen LogP contribution in [0.5, 0.6) is 0 Å². The molecule has 154 valence electrons. The first-order valence-electron chi connectivity index (χ1n) is 10.2. The van der Waals surface area contributed by atoms with Gasteiger partial charge >= 0.3 is 0 Å². The van der Waals surface area contributed by atoms with Crippen LogP contribution in [-0.4, -0.2) is 57.5 Å². The lowest BCUT2D eigenvalue weighted by Crippen LogP contribution is -2.59. The molecule has 0 saturated carbocycles. The summed E-state index contributed by atoms with van der Waals surface area (Å²) in [4.78, 5) is 26.4. The van der Waals surface area contributed by atoms with Crippen LogP contribution in [0.4, 0.5) is 0 Å². The van der Waals surface area contributed by atoms with Gasteiger partial charge in [-0.2, -0.15) is 0 Å². The number of rotatable bonds is 5. The fraction of sp³-hybridized carbons (Fsp3) is 0.348. The van der Waals surface area contributed by atoms with E-state index in [1.54, 1.807) is 18.7 Å². The fourth-order valence-corrected chi connectivity index (χ4v) is 4.61. The molecule has 0 aromatic carbocycles. The van der Waals surface area contributed by atoms with Gasteiger partial charge in [0, 0.05) is 56.9 Å². The highest BCUT2D eigenvalue weighted by atomic mass is 16.5. The van der Waals surface area contributed by atoms with Crippen molar-refractivity contribution in [3.8, 4) is 0 Å². The third-order valence-electron chi connectivity index (χ3n) is 5.97. The number of aromatic nitrogens is 2. The molecule has 30 heavy (non-hydrogen) atoms. The number of furan rings is 1. The molecule has 0 bridgehead atoms. The van der Waals surface area contributed by atoms with Crippen LogP contribution in [-0.2, 0) is 22.6 Å². The molecule has 0 aliphatic carbocycles. The predicted octanol–water partition coefficient (Wildman–Crippen LogP) is 2.47. The van der Waals surface area contributed by atoms with Gasteiger partial charge in [-0.1, -0.05) is 12.1 Å². The molecule has 2 aliphatic heterocycles. The summed E-state index contributed by atoms with van der Waals surface area (Å²) in [6.07, 6.45) is 8.83. The number of nitrogens with zero attached hydrogens (tertiary/aromatic N) is 4. The molecule has 2 aliphatic rings. The average Bonchev–Trinajstić information content (AvgIpc) is 3.42. The number of morpholine rings is 1. The second kappa shape index (κ2) is 8.01. The lowest BCUT2D eigenvalue weighted by atomic mass is 9.83. The molecule has 7 nitrogen and oxygen atoms in total. The van der Waals surface area contributed by atoms with Crippen molar-refractivity contribution in [1.29, 1.82) is 0 Å². The molecule has 0 unspecified atom stereocenters. The molecule has 2 atom stereocenters. The molecule has 7 heteroatoms. The number of hydrogen-bond acceptors (Lipinski definition) is 6. The monoisotopic (exact) mass is 404 g/mol. The molecule has 0 N–H and O–H groups in total. The van der Waals surface area contributed by atoms with Crippen LogP contribution < -0.4 is 0 Å². The number of likely N-dealkylation sites (tertiary alicyclic amines) is 1. The van der Waals surface area contributed by atoms with Gasteiger partial charge in [-0.3, -0.25) is 19.7 Å². The minimum atomic E-state index is -0.921. The van der Waals surface area contributed by atoms with E-state index in [0.717, 1.165) is 16.9 Å². The Morgan fingerprint density at radius 2 is 1.93 bits per heavy atom. The highest BCUT2D eigenvalue weighted by molar-refractivity contribution is 5.88. The highest BCUT2D eigenvalue weighted by Crippen LogP contribution is 2.42. The fourth-order valence-electron chi connectivity index (χ4n) is 4.61. The zero-order valence-electron chi connectivity index (χ0n) is 16.7. The van der Waals surface area contributed by atoms with Gasteiger partial charge in [0.05, 0.1) is 19.4 Å². The molecule has 1 spiro atoms. The number of carbonyl (C=O) groups excluding carboxylic acids is 1. The Kier molecular flexibility index (Phi) is 5.06. The van der Waals surface area contributed by atoms with Crippen molar-refractivity contribution in [1.82, 2.24) is 19.8 Å². The van der Waals surface area contributed by atoms with Crippen LogP contribution in [0.1, 0.15) is 22.8 Å². The van der Waals surface area contributed by atoms with Crippen molar-refractivity contribution in [2.75, 3.05) is 26.2 Å². The first-order chi connectivity index (χ1) is 14.7. The Bertz CT molecular complexity index is 980. The average molecular weight is 404 g/mol. The Labute approximate surface area is 175 Å². The summed E-state index contributed by atoms with van der Waals surface area (Å²) < 4.78 is 11.9. The van der Waals surface area contributed by atoms with Crippen molar-refractivity contribution in [3.05, 3.63) is 84.3 Å². The van der Waals surface area contributed by atoms with Gasteiger partial charge in [0.2, 0.25) is 0 Å². The predicted molar refractivity (Wildman–Crippen MR) is 109 cm³/mol. The minimum Gasteiger partial charge on any atom is -0.468 e. The molecule has 5 rings (SSSR count). The van der Waals surface area contributed by atoms with E-state index in [4.69, 9.17) is 9.15 Å². The second-order valence-electron chi connectivity index (χ2n) is 7.91. The molecule has 5 heterocycles. The summed E-state index contributed by atoms with van der Waals surface area (Å²) in [5, 5.41) is 0. The van der Waals surface area contributed by atoms with E-state index < -0.39 is 5.60 Å². The first kappa shape index (κ1) is 19.0. The van der Waals surface area contributed by atoms with Gasteiger partial charge in [-0.15, -0.1) is 0 Å². The van der Waals surface area contributed by atoms with Gasteiger partial charge in [-0.25, -0.2) is 0 Å². The maximum atomic E-state index is 13.8.